The molecule has 30 heteroatoms. The normalized spacial score (nSPS) is 12.3. The minimum absolute atomic E-state index is 0. The zero-order valence-corrected chi connectivity index (χ0v) is 76.4. The van der Waals surface area contributed by atoms with E-state index in [1.54, 1.807) is 74.5 Å². The van der Waals surface area contributed by atoms with Crippen LogP contribution in [0.1, 0.15) is 162 Å². The summed E-state index contributed by atoms with van der Waals surface area (Å²) < 4.78 is 35.0. The van der Waals surface area contributed by atoms with Gasteiger partial charge < -0.3 is 109 Å². The van der Waals surface area contributed by atoms with E-state index in [2.05, 4.69) is 59.9 Å². The van der Waals surface area contributed by atoms with Gasteiger partial charge in [0.15, 0.2) is 0 Å². The van der Waals surface area contributed by atoms with Crippen LogP contribution in [0.3, 0.4) is 0 Å². The second kappa shape index (κ2) is 66.4. The van der Waals surface area contributed by atoms with E-state index in [0.29, 0.717) is 96.8 Å². The molecule has 0 fully saturated rings. The fraction of sp³-hybridized carbons (Fsp3) is 0.273. The van der Waals surface area contributed by atoms with Crippen LogP contribution in [-0.2, 0) is 34.1 Å². The quantitative estimate of drug-likeness (QED) is 0.0176. The smallest absolute Gasteiger partial charge is 1.00 e. The van der Waals surface area contributed by atoms with Crippen molar-refractivity contribution in [1.82, 2.24) is 29.9 Å². The number of nitrogens with zero attached hydrogens (tertiary/aromatic N) is 12. The zero-order chi connectivity index (χ0) is 85.6. The topological polar surface area (TPSA) is 328 Å². The van der Waals surface area contributed by atoms with Gasteiger partial charge in [0.1, 0.15) is 34.5 Å². The molecule has 0 spiro atoms. The van der Waals surface area contributed by atoms with Crippen LogP contribution in [0, 0.1) is 0 Å². The fourth-order valence-electron chi connectivity index (χ4n) is 12.2. The van der Waals surface area contributed by atoms with Gasteiger partial charge in [-0.15, -0.1) is 0 Å². The summed E-state index contributed by atoms with van der Waals surface area (Å²) in [7, 11) is 0. The van der Waals surface area contributed by atoms with Gasteiger partial charge in [0.25, 0.3) is 0 Å². The molecular formula is C99H108Cl4Fe2N12O12. The van der Waals surface area contributed by atoms with Gasteiger partial charge >= 0.3 is 34.1 Å². The average molecular weight is 1910 g/mol. The minimum atomic E-state index is -0.322. The summed E-state index contributed by atoms with van der Waals surface area (Å²) >= 11 is 0. The van der Waals surface area contributed by atoms with Crippen molar-refractivity contribution in [2.24, 2.45) is 30.0 Å². The third-order valence-corrected chi connectivity index (χ3v) is 19.0. The standard InChI is InChI=1S/3C33H36N4O4.4ClH.2Fe/c38-24-32(26-10-4-1-5-11-26)36-20-28-14-16-30(22-34-28)40-18-8-3-9-19-41-31-17-15-29(35-23-31)21-37-33(25-39)27-12-6-2-7-13-27;2*38-24-32(26-10-4-1-5-11-26)36-21-28-14-15-31(23-35-28)41-19-9-3-8-18-40-30-16-17-34-29(20-30)22-37-33(25-39)27-12-6-2-7-13-27;;;;;;/h3*1-2,4-7,10-17,20-23,32-33,38-39H,3,8-9,18-19,24-25H2;4*1H;;/q;;;;;;;2*+2/p-4/t3*32-,33-;;;;;;/m111....../s1. The number of aliphatic hydroxyl groups is 6. The first-order chi connectivity index (χ1) is 60.7. The summed E-state index contributed by atoms with van der Waals surface area (Å²) in [6.45, 7) is 3.19. The largest absolute Gasteiger partial charge is 2.00 e. The van der Waals surface area contributed by atoms with Crippen LogP contribution in [0.15, 0.2) is 322 Å². The molecular weight excluding hydrogens is 1800 g/mol. The monoisotopic (exact) mass is 1910 g/mol. The number of unbranched alkanes of at least 4 members (excludes halogenated alkanes) is 6. The van der Waals surface area contributed by atoms with Crippen molar-refractivity contribution >= 4 is 37.3 Å². The minimum Gasteiger partial charge on any atom is -1.00 e. The maximum atomic E-state index is 9.69. The van der Waals surface area contributed by atoms with Gasteiger partial charge in [-0.25, -0.2) is 0 Å². The number of hydrogen-bond donors (Lipinski definition) is 6. The molecule has 12 aromatic rings. The van der Waals surface area contributed by atoms with Crippen molar-refractivity contribution in [3.05, 3.63) is 360 Å². The summed E-state index contributed by atoms with van der Waals surface area (Å²) in [6.07, 6.45) is 28.5. The molecule has 12 rings (SSSR count). The average Bonchev–Trinajstić information content (AvgIpc) is 0.838. The Morgan fingerprint density at radius 2 is 0.403 bits per heavy atom. The Hall–Kier alpha value is -11.0. The van der Waals surface area contributed by atoms with E-state index in [0.717, 1.165) is 103 Å². The van der Waals surface area contributed by atoms with Crippen molar-refractivity contribution in [2.75, 3.05) is 79.3 Å². The molecule has 0 saturated heterocycles. The number of aromatic nitrogens is 6. The van der Waals surface area contributed by atoms with Crippen LogP contribution in [0.5, 0.6) is 34.5 Å². The number of hydrogen-bond acceptors (Lipinski definition) is 24. The summed E-state index contributed by atoms with van der Waals surface area (Å²) in [5.41, 5.74) is 9.95. The Kier molecular flexibility index (Phi) is 56.8. The number of halogens is 4. The molecule has 6 atom stereocenters. The van der Waals surface area contributed by atoms with E-state index >= 15 is 0 Å². The van der Waals surface area contributed by atoms with Crippen molar-refractivity contribution in [2.45, 2.75) is 94.0 Å². The molecule has 0 saturated carbocycles. The van der Waals surface area contributed by atoms with Crippen LogP contribution in [0.4, 0.5) is 0 Å². The first-order valence-electron chi connectivity index (χ1n) is 41.4. The van der Waals surface area contributed by atoms with Gasteiger partial charge in [0.2, 0.25) is 0 Å². The predicted octanol–water partition coefficient (Wildman–Crippen LogP) is 4.24. The number of rotatable bonds is 48. The maximum absolute atomic E-state index is 9.69. The molecule has 0 radical (unpaired) electrons. The number of ether oxygens (including phenoxy) is 6. The van der Waals surface area contributed by atoms with Crippen molar-refractivity contribution in [1.29, 1.82) is 0 Å². The third-order valence-electron chi connectivity index (χ3n) is 19.0. The summed E-state index contributed by atoms with van der Waals surface area (Å²) in [6, 6.07) is 78.6. The SMILES string of the molecule is OC[C@@H](N=Cc1ccc(OCCCCCOc2ccc(C=N[C@H](CO)c3ccccc3)nc2)cn1)c1ccccc1.OC[C@@H](N=Cc1ccc(OCCCCCOc2ccnc(C=N[C@H](CO)c3ccccc3)c2)cn1)c1ccccc1.OC[C@@H](N=Cc1ccc(OCCCCCOc2ccnc(C=N[C@H](CO)c3ccccc3)c2)cn1)c1ccccc1.[Cl-].[Cl-].[Cl-].[Cl-].[Fe+2].[Fe+2]. The summed E-state index contributed by atoms with van der Waals surface area (Å²) in [5, 5.41) is 57.9. The molecule has 0 amide bonds. The van der Waals surface area contributed by atoms with E-state index in [1.165, 1.54) is 0 Å². The van der Waals surface area contributed by atoms with E-state index < -0.39 is 0 Å². The van der Waals surface area contributed by atoms with Crippen molar-refractivity contribution in [3.8, 4) is 34.5 Å². The van der Waals surface area contributed by atoms with Crippen LogP contribution >= 0.6 is 0 Å². The maximum Gasteiger partial charge on any atom is 2.00 e. The van der Waals surface area contributed by atoms with Gasteiger partial charge in [0.05, 0.1) is 174 Å². The zero-order valence-electron chi connectivity index (χ0n) is 71.2. The van der Waals surface area contributed by atoms with Crippen LogP contribution in [0.2, 0.25) is 0 Å². The molecule has 680 valence electrons. The van der Waals surface area contributed by atoms with E-state index in [1.807, 2.05) is 255 Å². The van der Waals surface area contributed by atoms with Crippen LogP contribution < -0.4 is 78.0 Å². The van der Waals surface area contributed by atoms with E-state index in [-0.39, 0.29) is 160 Å². The van der Waals surface area contributed by atoms with E-state index in [4.69, 9.17) is 28.4 Å². The van der Waals surface area contributed by atoms with Gasteiger partial charge in [-0.05, 0) is 152 Å². The molecule has 6 aromatic carbocycles. The predicted molar refractivity (Wildman–Crippen MR) is 483 cm³/mol. The second-order valence-corrected chi connectivity index (χ2v) is 28.1. The fourth-order valence-corrected chi connectivity index (χ4v) is 12.2. The Balaban J connectivity index is 0.000000396. The van der Waals surface area contributed by atoms with E-state index in [9.17, 15) is 30.6 Å². The third kappa shape index (κ3) is 41.5. The summed E-state index contributed by atoms with van der Waals surface area (Å²) in [5.74, 6) is 4.32. The van der Waals surface area contributed by atoms with Gasteiger partial charge in [-0.2, -0.15) is 0 Å². The Morgan fingerprint density at radius 3 is 0.581 bits per heavy atom. The van der Waals surface area contributed by atoms with Gasteiger partial charge in [0, 0.05) is 61.8 Å². The molecule has 6 aromatic heterocycles. The van der Waals surface area contributed by atoms with Crippen LogP contribution in [0.25, 0.3) is 0 Å². The molecule has 0 unspecified atom stereocenters. The molecule has 24 nitrogen and oxygen atoms in total. The number of pyridine rings is 6. The van der Waals surface area contributed by atoms with Crippen LogP contribution in [-0.4, -0.2) is 177 Å². The Labute approximate surface area is 801 Å². The van der Waals surface area contributed by atoms with Gasteiger partial charge in [-0.1, -0.05) is 182 Å². The van der Waals surface area contributed by atoms with Crippen molar-refractivity contribution in [3.63, 3.8) is 0 Å². The summed E-state index contributed by atoms with van der Waals surface area (Å²) in [4.78, 5) is 53.0. The van der Waals surface area contributed by atoms with Gasteiger partial charge in [-0.3, -0.25) is 59.9 Å². The molecule has 0 bridgehead atoms. The first kappa shape index (κ1) is 110. The molecule has 6 N–H and O–H groups in total. The molecule has 0 aliphatic heterocycles. The number of benzene rings is 6. The molecule has 129 heavy (non-hydrogen) atoms. The molecule has 6 heterocycles. The molecule has 0 aliphatic carbocycles. The molecule has 0 aliphatic rings. The second-order valence-electron chi connectivity index (χ2n) is 28.1. The number of aliphatic hydroxyl groups excluding tert-OH is 6. The number of aliphatic imine (C=N–C) groups is 6. The first-order valence-corrected chi connectivity index (χ1v) is 41.4. The Bertz CT molecular complexity index is 4760. The Morgan fingerprint density at radius 1 is 0.217 bits per heavy atom. The van der Waals surface area contributed by atoms with Crippen molar-refractivity contribution < 1.29 is 143 Å².